The summed E-state index contributed by atoms with van der Waals surface area (Å²) < 4.78 is 19.8. The number of benzene rings is 2. The van der Waals surface area contributed by atoms with Gasteiger partial charge in [0.2, 0.25) is 11.1 Å². The van der Waals surface area contributed by atoms with Crippen LogP contribution in [0.4, 0.5) is 5.95 Å². The molecule has 3 aromatic rings. The molecule has 2 heterocycles. The van der Waals surface area contributed by atoms with Gasteiger partial charge in [-0.15, -0.1) is 5.10 Å². The van der Waals surface area contributed by atoms with Crippen LogP contribution < -0.4 is 14.8 Å². The van der Waals surface area contributed by atoms with Gasteiger partial charge in [-0.2, -0.15) is 4.98 Å². The van der Waals surface area contributed by atoms with Gasteiger partial charge in [-0.1, -0.05) is 61.5 Å². The van der Waals surface area contributed by atoms with Crippen LogP contribution in [-0.2, 0) is 15.3 Å². The summed E-state index contributed by atoms with van der Waals surface area (Å²) in [5.74, 6) is 2.36. The summed E-state index contributed by atoms with van der Waals surface area (Å²) in [5.41, 5.74) is 3.30. The number of anilines is 1. The van der Waals surface area contributed by atoms with Crippen LogP contribution in [-0.4, -0.2) is 40.1 Å². The molecule has 1 N–H and O–H groups in total. The van der Waals surface area contributed by atoms with E-state index in [0.717, 1.165) is 49.1 Å². The number of carbonyl (C=O) groups excluding carboxylic acids is 1. The fraction of sp³-hybridized carbons (Fsp3) is 0.452. The molecule has 0 spiro atoms. The third kappa shape index (κ3) is 6.46. The first-order valence-electron chi connectivity index (χ1n) is 14.3. The Morgan fingerprint density at radius 2 is 1.85 bits per heavy atom. The normalized spacial score (nSPS) is 17.2. The molecule has 8 nitrogen and oxygen atoms in total. The molecule has 0 radical (unpaired) electrons. The number of fused-ring (bicyclic) bond motifs is 1. The Bertz CT molecular complexity index is 1330. The molecule has 0 amide bonds. The van der Waals surface area contributed by atoms with Gasteiger partial charge in [0.25, 0.3) is 0 Å². The van der Waals surface area contributed by atoms with E-state index in [2.05, 4.69) is 24.4 Å². The standard InChI is InChI=1S/C31H38N4O4S/c1-4-18-38-25-17-16-23(19-26(25)37-5-2)28-27(29(36)39-24-14-10-7-11-15-24)21(3)32-30-33-31(34-35(28)30)40-20-22-12-8-6-9-13-22/h6,8-9,12-13,16-17,19,24,28H,4-5,7,10-11,14-15,18,20H2,1-3H3,(H,32,33,34). The van der Waals surface area contributed by atoms with E-state index in [9.17, 15) is 4.79 Å². The molecular weight excluding hydrogens is 524 g/mol. The highest BCUT2D eigenvalue weighted by Gasteiger charge is 2.37. The maximum absolute atomic E-state index is 13.8. The molecule has 0 saturated heterocycles. The maximum Gasteiger partial charge on any atom is 0.338 e. The van der Waals surface area contributed by atoms with Crippen molar-refractivity contribution in [3.63, 3.8) is 0 Å². The number of rotatable bonds is 11. The van der Waals surface area contributed by atoms with Crippen LogP contribution in [0, 0.1) is 0 Å². The topological polar surface area (TPSA) is 87.5 Å². The molecule has 1 unspecified atom stereocenters. The van der Waals surface area contributed by atoms with Gasteiger partial charge in [0, 0.05) is 11.4 Å². The van der Waals surface area contributed by atoms with Crippen LogP contribution in [0.25, 0.3) is 0 Å². The molecule has 1 aliphatic carbocycles. The third-order valence-corrected chi connectivity index (χ3v) is 8.04. The summed E-state index contributed by atoms with van der Waals surface area (Å²) in [6, 6.07) is 15.6. The summed E-state index contributed by atoms with van der Waals surface area (Å²) in [5, 5.41) is 8.84. The molecule has 40 heavy (non-hydrogen) atoms. The average Bonchev–Trinajstić information content (AvgIpc) is 3.38. The van der Waals surface area contributed by atoms with Crippen LogP contribution in [0.5, 0.6) is 11.5 Å². The molecule has 1 aromatic heterocycles. The minimum Gasteiger partial charge on any atom is -0.490 e. The Hall–Kier alpha value is -3.46. The van der Waals surface area contributed by atoms with E-state index in [1.807, 2.05) is 50.2 Å². The van der Waals surface area contributed by atoms with Gasteiger partial charge in [0.15, 0.2) is 11.5 Å². The van der Waals surface area contributed by atoms with Gasteiger partial charge in [0.05, 0.1) is 18.8 Å². The van der Waals surface area contributed by atoms with Crippen molar-refractivity contribution >= 4 is 23.7 Å². The lowest BCUT2D eigenvalue weighted by Gasteiger charge is -2.30. The number of carbonyl (C=O) groups is 1. The van der Waals surface area contributed by atoms with Crippen molar-refractivity contribution in [2.45, 2.75) is 82.4 Å². The van der Waals surface area contributed by atoms with Gasteiger partial charge >= 0.3 is 5.97 Å². The van der Waals surface area contributed by atoms with E-state index in [1.165, 1.54) is 12.0 Å². The number of thioether (sulfide) groups is 1. The molecule has 5 rings (SSSR count). The van der Waals surface area contributed by atoms with Gasteiger partial charge in [-0.25, -0.2) is 9.48 Å². The van der Waals surface area contributed by atoms with Crippen LogP contribution in [0.3, 0.4) is 0 Å². The van der Waals surface area contributed by atoms with Crippen molar-refractivity contribution in [3.8, 4) is 11.5 Å². The fourth-order valence-corrected chi connectivity index (χ4v) is 5.96. The zero-order valence-electron chi connectivity index (χ0n) is 23.5. The SMILES string of the molecule is CCCOc1ccc(C2C(C(=O)OC3CCCCC3)=C(C)Nc3nc(SCc4ccccc4)nn32)cc1OCC. The predicted octanol–water partition coefficient (Wildman–Crippen LogP) is 6.92. The van der Waals surface area contributed by atoms with E-state index in [1.54, 1.807) is 16.4 Å². The smallest absolute Gasteiger partial charge is 0.338 e. The molecule has 1 saturated carbocycles. The Morgan fingerprint density at radius 1 is 1.05 bits per heavy atom. The van der Waals surface area contributed by atoms with Crippen molar-refractivity contribution in [2.75, 3.05) is 18.5 Å². The number of allylic oxidation sites excluding steroid dienone is 1. The van der Waals surface area contributed by atoms with E-state index in [4.69, 9.17) is 24.3 Å². The Kier molecular flexibility index (Phi) is 9.31. The Labute approximate surface area is 240 Å². The number of nitrogens with zero attached hydrogens (tertiary/aromatic N) is 3. The molecule has 2 aromatic carbocycles. The van der Waals surface area contributed by atoms with Gasteiger partial charge in [-0.3, -0.25) is 0 Å². The number of aromatic nitrogens is 3. The van der Waals surface area contributed by atoms with Crippen molar-refractivity contribution in [3.05, 3.63) is 70.9 Å². The quantitative estimate of drug-likeness (QED) is 0.199. The molecule has 9 heteroatoms. The molecule has 0 bridgehead atoms. The summed E-state index contributed by atoms with van der Waals surface area (Å²) in [7, 11) is 0. The van der Waals surface area contributed by atoms with Crippen LogP contribution in [0.1, 0.15) is 76.5 Å². The molecule has 212 valence electrons. The fourth-order valence-electron chi connectivity index (χ4n) is 5.18. The monoisotopic (exact) mass is 562 g/mol. The molecule has 1 aliphatic heterocycles. The lowest BCUT2D eigenvalue weighted by atomic mass is 9.94. The summed E-state index contributed by atoms with van der Waals surface area (Å²) in [4.78, 5) is 18.5. The highest BCUT2D eigenvalue weighted by molar-refractivity contribution is 7.98. The van der Waals surface area contributed by atoms with Crippen molar-refractivity contribution in [2.24, 2.45) is 0 Å². The second-order valence-corrected chi connectivity index (χ2v) is 11.1. The van der Waals surface area contributed by atoms with Gasteiger partial charge in [-0.05, 0) is 69.2 Å². The van der Waals surface area contributed by atoms with E-state index < -0.39 is 6.04 Å². The first kappa shape index (κ1) is 28.1. The van der Waals surface area contributed by atoms with Crippen molar-refractivity contribution in [1.82, 2.24) is 14.8 Å². The van der Waals surface area contributed by atoms with Crippen LogP contribution in [0.2, 0.25) is 0 Å². The second kappa shape index (κ2) is 13.3. The Balaban J connectivity index is 1.50. The largest absolute Gasteiger partial charge is 0.490 e. The van der Waals surface area contributed by atoms with Gasteiger partial charge in [0.1, 0.15) is 12.1 Å². The van der Waals surface area contributed by atoms with E-state index in [-0.39, 0.29) is 12.1 Å². The zero-order chi connectivity index (χ0) is 27.9. The number of nitrogens with one attached hydrogen (secondary N) is 1. The summed E-state index contributed by atoms with van der Waals surface area (Å²) in [6.07, 6.45) is 6.02. The van der Waals surface area contributed by atoms with E-state index in [0.29, 0.717) is 41.4 Å². The average molecular weight is 563 g/mol. The number of ether oxygens (including phenoxy) is 3. The zero-order valence-corrected chi connectivity index (χ0v) is 24.3. The Morgan fingerprint density at radius 3 is 2.60 bits per heavy atom. The summed E-state index contributed by atoms with van der Waals surface area (Å²) in [6.45, 7) is 7.02. The highest BCUT2D eigenvalue weighted by atomic mass is 32.2. The molecular formula is C31H38N4O4S. The predicted molar refractivity (Wildman–Crippen MR) is 157 cm³/mol. The van der Waals surface area contributed by atoms with E-state index >= 15 is 0 Å². The number of hydrogen-bond donors (Lipinski definition) is 1. The molecule has 2 aliphatic rings. The lowest BCUT2D eigenvalue weighted by Crippen LogP contribution is -2.32. The third-order valence-electron chi connectivity index (χ3n) is 7.13. The van der Waals surface area contributed by atoms with Crippen molar-refractivity contribution < 1.29 is 19.0 Å². The summed E-state index contributed by atoms with van der Waals surface area (Å²) >= 11 is 1.56. The second-order valence-electron chi connectivity index (χ2n) is 10.2. The first-order valence-corrected chi connectivity index (χ1v) is 15.3. The number of hydrogen-bond acceptors (Lipinski definition) is 8. The minimum atomic E-state index is -0.523. The maximum atomic E-state index is 13.8. The van der Waals surface area contributed by atoms with Gasteiger partial charge < -0.3 is 19.5 Å². The molecule has 1 atom stereocenters. The van der Waals surface area contributed by atoms with Crippen LogP contribution in [0.15, 0.2) is 65.0 Å². The van der Waals surface area contributed by atoms with Crippen molar-refractivity contribution in [1.29, 1.82) is 0 Å². The minimum absolute atomic E-state index is 0.0554. The number of esters is 1. The lowest BCUT2D eigenvalue weighted by molar-refractivity contribution is -0.146. The van der Waals surface area contributed by atoms with Crippen LogP contribution >= 0.6 is 11.8 Å². The highest BCUT2D eigenvalue weighted by Crippen LogP contribution is 2.40. The first-order chi connectivity index (χ1) is 19.6. The molecule has 1 fully saturated rings.